The second-order valence-electron chi connectivity index (χ2n) is 7.05. The highest BCUT2D eigenvalue weighted by atomic mass is 35.5. The van der Waals surface area contributed by atoms with E-state index in [9.17, 15) is 9.59 Å². The van der Waals surface area contributed by atoms with E-state index in [0.29, 0.717) is 21.2 Å². The number of halogens is 2. The third kappa shape index (κ3) is 5.63. The number of hydrogen-bond acceptors (Lipinski definition) is 4. The minimum Gasteiger partial charge on any atom is -0.466 e. The molecule has 1 N–H and O–H groups in total. The normalized spacial score (nSPS) is 16.8. The van der Waals surface area contributed by atoms with Crippen LogP contribution in [0.1, 0.15) is 36.9 Å². The first-order valence-corrected chi connectivity index (χ1v) is 9.96. The van der Waals surface area contributed by atoms with Gasteiger partial charge < -0.3 is 19.9 Å². The molecule has 8 heteroatoms. The average Bonchev–Trinajstić information content (AvgIpc) is 2.68. The van der Waals surface area contributed by atoms with Gasteiger partial charge in [-0.3, -0.25) is 0 Å². The van der Waals surface area contributed by atoms with E-state index in [0.717, 1.165) is 25.9 Å². The van der Waals surface area contributed by atoms with Gasteiger partial charge >= 0.3 is 12.0 Å². The number of urea groups is 1. The van der Waals surface area contributed by atoms with Crippen molar-refractivity contribution in [2.75, 3.05) is 34.3 Å². The molecule has 1 aliphatic rings. The highest BCUT2D eigenvalue weighted by Gasteiger charge is 2.25. The Morgan fingerprint density at radius 2 is 1.93 bits per heavy atom. The molecule has 1 saturated heterocycles. The van der Waals surface area contributed by atoms with Gasteiger partial charge in [-0.1, -0.05) is 35.3 Å². The molecule has 1 fully saturated rings. The Morgan fingerprint density at radius 1 is 1.29 bits per heavy atom. The lowest BCUT2D eigenvalue weighted by Gasteiger charge is -2.35. The molecule has 1 atom stereocenters. The van der Waals surface area contributed by atoms with E-state index in [2.05, 4.69) is 22.0 Å². The van der Waals surface area contributed by atoms with Crippen LogP contribution < -0.4 is 5.32 Å². The van der Waals surface area contributed by atoms with Crippen molar-refractivity contribution < 1.29 is 14.3 Å². The summed E-state index contributed by atoms with van der Waals surface area (Å²) in [6.07, 6.45) is 4.74. The number of likely N-dealkylation sites (tertiary alicyclic amines) is 1. The van der Waals surface area contributed by atoms with Crippen LogP contribution in [-0.2, 0) is 9.53 Å². The van der Waals surface area contributed by atoms with Crippen LogP contribution in [0.4, 0.5) is 4.79 Å². The summed E-state index contributed by atoms with van der Waals surface area (Å²) in [4.78, 5) is 27.9. The predicted octanol–water partition coefficient (Wildman–Crippen LogP) is 3.98. The zero-order valence-electron chi connectivity index (χ0n) is 16.7. The lowest BCUT2D eigenvalue weighted by atomic mass is 10.0. The number of esters is 1. The van der Waals surface area contributed by atoms with Gasteiger partial charge in [0.1, 0.15) is 0 Å². The van der Waals surface area contributed by atoms with Gasteiger partial charge in [-0.25, -0.2) is 9.59 Å². The molecule has 1 aliphatic heterocycles. The fourth-order valence-electron chi connectivity index (χ4n) is 3.18. The van der Waals surface area contributed by atoms with Gasteiger partial charge in [0.15, 0.2) is 0 Å². The quantitative estimate of drug-likeness (QED) is 0.570. The Labute approximate surface area is 176 Å². The van der Waals surface area contributed by atoms with Crippen molar-refractivity contribution in [1.29, 1.82) is 0 Å². The van der Waals surface area contributed by atoms with Gasteiger partial charge in [-0.2, -0.15) is 0 Å². The van der Waals surface area contributed by atoms with E-state index in [1.165, 1.54) is 13.2 Å². The van der Waals surface area contributed by atoms with Crippen molar-refractivity contribution in [3.63, 3.8) is 0 Å². The molecular weight excluding hydrogens is 401 g/mol. The molecule has 0 aliphatic carbocycles. The van der Waals surface area contributed by atoms with E-state index in [1.807, 2.05) is 14.0 Å². The maximum atomic E-state index is 12.6. The number of carbonyl (C=O) groups excluding carboxylic acids is 2. The molecule has 1 aromatic rings. The number of nitrogens with zero attached hydrogens (tertiary/aromatic N) is 2. The monoisotopic (exact) mass is 427 g/mol. The Balaban J connectivity index is 2.06. The van der Waals surface area contributed by atoms with Crippen molar-refractivity contribution in [2.45, 2.75) is 31.8 Å². The summed E-state index contributed by atoms with van der Waals surface area (Å²) in [7, 11) is 5.22. The first-order chi connectivity index (χ1) is 13.2. The van der Waals surface area contributed by atoms with Crippen LogP contribution in [0.2, 0.25) is 10.0 Å². The Bertz CT molecular complexity index is 746. The number of hydrogen-bond donors (Lipinski definition) is 1. The van der Waals surface area contributed by atoms with E-state index < -0.39 is 5.97 Å². The van der Waals surface area contributed by atoms with E-state index in [1.54, 1.807) is 23.1 Å². The van der Waals surface area contributed by atoms with Crippen molar-refractivity contribution in [3.05, 3.63) is 39.4 Å². The Hall–Kier alpha value is -1.76. The second-order valence-corrected chi connectivity index (χ2v) is 7.80. The third-order valence-corrected chi connectivity index (χ3v) is 6.02. The van der Waals surface area contributed by atoms with Crippen LogP contribution in [0, 0.1) is 0 Å². The number of nitrogens with one attached hydrogen (secondary N) is 1. The highest BCUT2D eigenvalue weighted by Crippen LogP contribution is 2.33. The van der Waals surface area contributed by atoms with Crippen molar-refractivity contribution in [2.24, 2.45) is 0 Å². The molecule has 1 unspecified atom stereocenters. The Morgan fingerprint density at radius 3 is 2.54 bits per heavy atom. The SMILES string of the molecule is COC(=O)/C=C/c1ccc(C(C)NC(=O)N(C)C2CCN(C)CC2)c(Cl)c1Cl. The van der Waals surface area contributed by atoms with E-state index >= 15 is 0 Å². The molecule has 1 heterocycles. The lowest BCUT2D eigenvalue weighted by molar-refractivity contribution is -0.134. The Kier molecular flexibility index (Phi) is 8.16. The van der Waals surface area contributed by atoms with Gasteiger partial charge in [0.2, 0.25) is 0 Å². The number of piperidine rings is 1. The number of rotatable bonds is 5. The molecule has 0 aromatic heterocycles. The van der Waals surface area contributed by atoms with Crippen molar-refractivity contribution in [1.82, 2.24) is 15.1 Å². The first-order valence-electron chi connectivity index (χ1n) is 9.20. The molecule has 0 spiro atoms. The minimum atomic E-state index is -0.478. The zero-order chi connectivity index (χ0) is 20.8. The molecule has 0 saturated carbocycles. The smallest absolute Gasteiger partial charge is 0.330 e. The van der Waals surface area contributed by atoms with E-state index in [4.69, 9.17) is 23.2 Å². The highest BCUT2D eigenvalue weighted by molar-refractivity contribution is 6.43. The van der Waals surface area contributed by atoms with Crippen LogP contribution in [0.15, 0.2) is 18.2 Å². The topological polar surface area (TPSA) is 61.9 Å². The van der Waals surface area contributed by atoms with Crippen LogP contribution in [0.5, 0.6) is 0 Å². The van der Waals surface area contributed by atoms with Gasteiger partial charge in [-0.05, 0) is 57.1 Å². The third-order valence-electron chi connectivity index (χ3n) is 5.10. The lowest BCUT2D eigenvalue weighted by Crippen LogP contribution is -2.48. The van der Waals surface area contributed by atoms with Crippen LogP contribution in [0.25, 0.3) is 6.08 Å². The summed E-state index contributed by atoms with van der Waals surface area (Å²) in [5.41, 5.74) is 1.31. The van der Waals surface area contributed by atoms with Crippen LogP contribution in [-0.4, -0.2) is 62.1 Å². The maximum Gasteiger partial charge on any atom is 0.330 e. The molecule has 28 heavy (non-hydrogen) atoms. The number of benzene rings is 1. The molecule has 0 bridgehead atoms. The standard InChI is InChI=1S/C20H27Cl2N3O3/c1-13(23-20(27)25(3)15-9-11-24(2)12-10-15)16-7-5-14(18(21)19(16)22)6-8-17(26)28-4/h5-8,13,15H,9-12H2,1-4H3,(H,23,27)/b8-6+. The predicted molar refractivity (Wildman–Crippen MR) is 113 cm³/mol. The largest absolute Gasteiger partial charge is 0.466 e. The van der Waals surface area contributed by atoms with Gasteiger partial charge in [0.05, 0.1) is 23.2 Å². The fourth-order valence-corrected chi connectivity index (χ4v) is 3.75. The first kappa shape index (κ1) is 22.5. The van der Waals surface area contributed by atoms with Gasteiger partial charge in [-0.15, -0.1) is 0 Å². The van der Waals surface area contributed by atoms with E-state index in [-0.39, 0.29) is 18.1 Å². The van der Waals surface area contributed by atoms with Gasteiger partial charge in [0, 0.05) is 19.2 Å². The summed E-state index contributed by atoms with van der Waals surface area (Å²) in [6, 6.07) is 3.33. The average molecular weight is 428 g/mol. The summed E-state index contributed by atoms with van der Waals surface area (Å²) in [5.74, 6) is -0.478. The van der Waals surface area contributed by atoms with Crippen molar-refractivity contribution in [3.8, 4) is 0 Å². The summed E-state index contributed by atoms with van der Waals surface area (Å²) < 4.78 is 4.57. The van der Waals surface area contributed by atoms with Crippen molar-refractivity contribution >= 4 is 41.3 Å². The van der Waals surface area contributed by atoms with Crippen LogP contribution in [0.3, 0.4) is 0 Å². The number of amides is 2. The molecule has 1 aromatic carbocycles. The molecule has 6 nitrogen and oxygen atoms in total. The summed E-state index contributed by atoms with van der Waals surface area (Å²) in [6.45, 7) is 3.83. The summed E-state index contributed by atoms with van der Waals surface area (Å²) >= 11 is 12.8. The van der Waals surface area contributed by atoms with Crippen LogP contribution >= 0.6 is 23.2 Å². The number of methoxy groups -OCH3 is 1. The van der Waals surface area contributed by atoms with Gasteiger partial charge in [0.25, 0.3) is 0 Å². The molecule has 2 amide bonds. The second kappa shape index (κ2) is 10.1. The zero-order valence-corrected chi connectivity index (χ0v) is 18.2. The minimum absolute atomic E-state index is 0.135. The molecule has 0 radical (unpaired) electrons. The maximum absolute atomic E-state index is 12.6. The molecule has 2 rings (SSSR count). The summed E-state index contributed by atoms with van der Waals surface area (Å²) in [5, 5.41) is 3.66. The number of carbonyl (C=O) groups is 2. The molecular formula is C20H27Cl2N3O3. The fraction of sp³-hybridized carbons (Fsp3) is 0.500. The number of ether oxygens (including phenoxy) is 1. The molecule has 154 valence electrons.